The fourth-order valence-electron chi connectivity index (χ4n) is 4.34. The Balaban J connectivity index is 1.82. The van der Waals surface area contributed by atoms with Gasteiger partial charge in [0.1, 0.15) is 12.3 Å². The van der Waals surface area contributed by atoms with Crippen LogP contribution in [0.2, 0.25) is 0 Å². The molecule has 1 fully saturated rings. The summed E-state index contributed by atoms with van der Waals surface area (Å²) in [6.07, 6.45) is -2.78. The summed E-state index contributed by atoms with van der Waals surface area (Å²) in [6.45, 7) is 2.28. The smallest absolute Gasteiger partial charge is 0.417 e. The summed E-state index contributed by atoms with van der Waals surface area (Å²) in [5, 5.41) is 13.3. The first-order valence-electron chi connectivity index (χ1n) is 9.46. The highest BCUT2D eigenvalue weighted by atomic mass is 19.4. The highest BCUT2D eigenvalue weighted by molar-refractivity contribution is 6.09. The lowest BCUT2D eigenvalue weighted by Gasteiger charge is -2.32. The number of rotatable bonds is 3. The summed E-state index contributed by atoms with van der Waals surface area (Å²) in [5.41, 5.74) is -1.70. The van der Waals surface area contributed by atoms with Crippen LogP contribution < -0.4 is 10.1 Å². The fraction of sp³-hybridized carbons (Fsp3) is 0.450. The van der Waals surface area contributed by atoms with Gasteiger partial charge in [-0.3, -0.25) is 10.2 Å². The molecule has 1 aromatic carbocycles. The van der Waals surface area contributed by atoms with Gasteiger partial charge in [-0.15, -0.1) is 0 Å². The van der Waals surface area contributed by atoms with Crippen molar-refractivity contribution in [2.24, 2.45) is 10.9 Å². The average molecular weight is 445 g/mol. The minimum Gasteiger partial charge on any atom is -0.493 e. The van der Waals surface area contributed by atoms with Crippen LogP contribution in [0, 0.1) is 17.6 Å². The molecule has 0 radical (unpaired) electrons. The van der Waals surface area contributed by atoms with Crippen LogP contribution in [0.4, 0.5) is 22.0 Å². The highest BCUT2D eigenvalue weighted by Crippen LogP contribution is 2.55. The molecule has 5 atom stereocenters. The minimum atomic E-state index is -4.73. The number of benzene rings is 1. The number of nitrogens with zero attached hydrogens (tertiary/aromatic N) is 2. The molecule has 3 aliphatic rings. The first-order chi connectivity index (χ1) is 14.5. The third kappa shape index (κ3) is 3.26. The van der Waals surface area contributed by atoms with Crippen molar-refractivity contribution < 1.29 is 36.6 Å². The van der Waals surface area contributed by atoms with Crippen LogP contribution in [-0.2, 0) is 4.74 Å². The first kappa shape index (κ1) is 21.6. The van der Waals surface area contributed by atoms with Crippen LogP contribution in [0.1, 0.15) is 25.3 Å². The van der Waals surface area contributed by atoms with Gasteiger partial charge < -0.3 is 14.8 Å². The number of allylic oxidation sites excluding steroid dienone is 1. The average Bonchev–Trinajstić information content (AvgIpc) is 3.23. The van der Waals surface area contributed by atoms with Gasteiger partial charge >= 0.3 is 6.18 Å². The summed E-state index contributed by atoms with van der Waals surface area (Å²) in [4.78, 5) is 4.39. The predicted molar refractivity (Wildman–Crippen MR) is 99.4 cm³/mol. The lowest BCUT2D eigenvalue weighted by atomic mass is 9.76. The third-order valence-electron chi connectivity index (χ3n) is 6.16. The maximum atomic E-state index is 14.4. The molecule has 31 heavy (non-hydrogen) atoms. The number of alkyl halides is 3. The van der Waals surface area contributed by atoms with E-state index < -0.39 is 53.3 Å². The SMILES string of the molecule is COc1c([C@H]2[C@H](C3N=C4C=CN(O)C=C4N3)O[C@@](C)(C(F)(F)F)[C@H]2C)ccc(F)c1F. The molecular weight excluding hydrogens is 425 g/mol. The molecular formula is C20H20F5N3O3. The molecule has 11 heteroatoms. The Morgan fingerprint density at radius 3 is 2.65 bits per heavy atom. The van der Waals surface area contributed by atoms with Crippen molar-refractivity contribution in [2.75, 3.05) is 7.11 Å². The van der Waals surface area contributed by atoms with Crippen molar-refractivity contribution in [1.82, 2.24) is 10.4 Å². The van der Waals surface area contributed by atoms with Crippen molar-refractivity contribution >= 4 is 5.71 Å². The quantitative estimate of drug-likeness (QED) is 0.693. The van der Waals surface area contributed by atoms with E-state index in [1.165, 1.54) is 31.5 Å². The van der Waals surface area contributed by atoms with Crippen molar-refractivity contribution in [1.29, 1.82) is 0 Å². The number of halogens is 5. The van der Waals surface area contributed by atoms with E-state index in [1.54, 1.807) is 0 Å². The van der Waals surface area contributed by atoms with Gasteiger partial charge in [0.25, 0.3) is 0 Å². The molecule has 3 heterocycles. The van der Waals surface area contributed by atoms with Gasteiger partial charge in [-0.1, -0.05) is 13.0 Å². The molecule has 1 unspecified atom stereocenters. The lowest BCUT2D eigenvalue weighted by Crippen LogP contribution is -2.47. The Morgan fingerprint density at radius 1 is 1.29 bits per heavy atom. The number of ether oxygens (including phenoxy) is 2. The number of nitrogens with one attached hydrogen (secondary N) is 1. The van der Waals surface area contributed by atoms with Gasteiger partial charge in [0.2, 0.25) is 5.82 Å². The van der Waals surface area contributed by atoms with Gasteiger partial charge in [0.15, 0.2) is 17.2 Å². The molecule has 0 saturated carbocycles. The zero-order chi connectivity index (χ0) is 22.7. The monoisotopic (exact) mass is 445 g/mol. The highest BCUT2D eigenvalue weighted by Gasteiger charge is 2.66. The third-order valence-corrected chi connectivity index (χ3v) is 6.16. The van der Waals surface area contributed by atoms with Crippen molar-refractivity contribution in [3.8, 4) is 5.75 Å². The molecule has 3 aliphatic heterocycles. The molecule has 168 valence electrons. The maximum absolute atomic E-state index is 14.4. The van der Waals surface area contributed by atoms with Crippen LogP contribution >= 0.6 is 0 Å². The molecule has 4 rings (SSSR count). The van der Waals surface area contributed by atoms with Crippen molar-refractivity contribution in [2.45, 2.75) is 43.8 Å². The molecule has 0 aromatic heterocycles. The van der Waals surface area contributed by atoms with E-state index in [1.807, 2.05) is 0 Å². The second-order valence-electron chi connectivity index (χ2n) is 7.83. The summed E-state index contributed by atoms with van der Waals surface area (Å²) in [7, 11) is 1.12. The van der Waals surface area contributed by atoms with Crippen LogP contribution in [0.25, 0.3) is 0 Å². The molecule has 0 aliphatic carbocycles. The summed E-state index contributed by atoms with van der Waals surface area (Å²) < 4.78 is 80.8. The van der Waals surface area contributed by atoms with Gasteiger partial charge in [-0.05, 0) is 19.1 Å². The predicted octanol–water partition coefficient (Wildman–Crippen LogP) is 3.84. The van der Waals surface area contributed by atoms with Crippen molar-refractivity contribution in [3.63, 3.8) is 0 Å². The van der Waals surface area contributed by atoms with Crippen molar-refractivity contribution in [3.05, 3.63) is 53.5 Å². The molecule has 1 aromatic rings. The Hall–Kier alpha value is -2.66. The first-order valence-corrected chi connectivity index (χ1v) is 9.46. The van der Waals surface area contributed by atoms with Gasteiger partial charge in [-0.25, -0.2) is 9.45 Å². The number of hydroxylamine groups is 2. The normalized spacial score (nSPS) is 32.5. The fourth-order valence-corrected chi connectivity index (χ4v) is 4.34. The molecule has 2 N–H and O–H groups in total. The lowest BCUT2D eigenvalue weighted by molar-refractivity contribution is -0.275. The minimum absolute atomic E-state index is 0.0528. The Kier molecular flexibility index (Phi) is 5.01. The number of fused-ring (bicyclic) bond motifs is 1. The van der Waals surface area contributed by atoms with Gasteiger partial charge in [-0.2, -0.15) is 17.6 Å². The standard InChI is InChI=1S/C20H20F5N3O3/c1-9-14(10-4-5-11(21)15(22)16(10)30-3)17(31-19(9,2)20(23,24)25)18-26-12-6-7-28(29)8-13(12)27-18/h4-9,14,17-18,27,29H,1-3H3/t9-,14-,17+,18?,19+/m0/s1. The topological polar surface area (TPSA) is 66.3 Å². The number of methoxy groups -OCH3 is 1. The Labute approximate surface area is 174 Å². The zero-order valence-corrected chi connectivity index (χ0v) is 16.7. The van der Waals surface area contributed by atoms with Crippen LogP contribution in [0.5, 0.6) is 5.75 Å². The summed E-state index contributed by atoms with van der Waals surface area (Å²) in [5.74, 6) is -5.15. The molecule has 1 saturated heterocycles. The van der Waals surface area contributed by atoms with E-state index in [4.69, 9.17) is 9.47 Å². The van der Waals surface area contributed by atoms with E-state index in [0.29, 0.717) is 11.4 Å². The summed E-state index contributed by atoms with van der Waals surface area (Å²) >= 11 is 0. The summed E-state index contributed by atoms with van der Waals surface area (Å²) in [6, 6.07) is 2.06. The largest absolute Gasteiger partial charge is 0.493 e. The van der Waals surface area contributed by atoms with Crippen LogP contribution in [0.15, 0.2) is 41.3 Å². The number of hydrogen-bond acceptors (Lipinski definition) is 6. The van der Waals surface area contributed by atoms with Crippen LogP contribution in [-0.4, -0.2) is 47.1 Å². The van der Waals surface area contributed by atoms with Gasteiger partial charge in [0, 0.05) is 23.6 Å². The number of hydrogen-bond donors (Lipinski definition) is 2. The second-order valence-corrected chi connectivity index (χ2v) is 7.83. The molecule has 0 bridgehead atoms. The van der Waals surface area contributed by atoms with E-state index >= 15 is 0 Å². The Bertz CT molecular complexity index is 993. The Morgan fingerprint density at radius 2 is 2.00 bits per heavy atom. The zero-order valence-electron chi connectivity index (χ0n) is 16.7. The van der Waals surface area contributed by atoms with Gasteiger partial charge in [0.05, 0.1) is 24.7 Å². The second kappa shape index (κ2) is 7.20. The molecule has 0 amide bonds. The van der Waals surface area contributed by atoms with E-state index in [2.05, 4.69) is 10.3 Å². The maximum Gasteiger partial charge on any atom is 0.417 e. The number of aliphatic imine (C=N–C) groups is 1. The van der Waals surface area contributed by atoms with E-state index in [-0.39, 0.29) is 5.56 Å². The molecule has 6 nitrogen and oxygen atoms in total. The van der Waals surface area contributed by atoms with Crippen LogP contribution in [0.3, 0.4) is 0 Å². The molecule has 0 spiro atoms. The van der Waals surface area contributed by atoms with E-state index in [9.17, 15) is 27.2 Å². The van der Waals surface area contributed by atoms with E-state index in [0.717, 1.165) is 25.2 Å².